The van der Waals surface area contributed by atoms with Crippen molar-refractivity contribution in [3.8, 4) is 11.3 Å². The van der Waals surface area contributed by atoms with E-state index < -0.39 is 5.60 Å². The van der Waals surface area contributed by atoms with Crippen LogP contribution in [0.15, 0.2) is 0 Å². The summed E-state index contributed by atoms with van der Waals surface area (Å²) in [6.07, 6.45) is 13.0. The summed E-state index contributed by atoms with van der Waals surface area (Å²) in [5.41, 5.74) is -0.329. The van der Waals surface area contributed by atoms with E-state index in [2.05, 4.69) is 25.1 Å². The summed E-state index contributed by atoms with van der Waals surface area (Å²) >= 11 is 5.69. The molecular formula is C21H31ClO. The van der Waals surface area contributed by atoms with E-state index in [0.717, 1.165) is 37.0 Å². The van der Waals surface area contributed by atoms with Gasteiger partial charge in [-0.05, 0) is 92.1 Å². The Morgan fingerprint density at radius 1 is 0.913 bits per heavy atom. The van der Waals surface area contributed by atoms with Crippen molar-refractivity contribution < 1.29 is 5.11 Å². The van der Waals surface area contributed by atoms with E-state index in [0.29, 0.717) is 11.3 Å². The Morgan fingerprint density at radius 3 is 2.48 bits per heavy atom. The Kier molecular flexibility index (Phi) is 3.83. The molecule has 0 spiro atoms. The van der Waals surface area contributed by atoms with Crippen LogP contribution >= 0.6 is 11.6 Å². The first-order chi connectivity index (χ1) is 10.9. The monoisotopic (exact) mass is 334 g/mol. The lowest BCUT2D eigenvalue weighted by Crippen LogP contribution is -2.55. The van der Waals surface area contributed by atoms with E-state index in [1.54, 1.807) is 0 Å². The average Bonchev–Trinajstić information content (AvgIpc) is 2.79. The number of fused-ring (bicyclic) bond motifs is 5. The van der Waals surface area contributed by atoms with E-state index in [1.807, 2.05) is 0 Å². The highest BCUT2D eigenvalue weighted by atomic mass is 35.5. The molecule has 4 aliphatic carbocycles. The van der Waals surface area contributed by atoms with Crippen molar-refractivity contribution in [2.75, 3.05) is 0 Å². The minimum Gasteiger partial charge on any atom is -0.377 e. The zero-order valence-corrected chi connectivity index (χ0v) is 15.5. The van der Waals surface area contributed by atoms with Crippen LogP contribution in [0.1, 0.15) is 78.1 Å². The van der Waals surface area contributed by atoms with Crippen LogP contribution in [-0.2, 0) is 0 Å². The lowest BCUT2D eigenvalue weighted by molar-refractivity contribution is -0.134. The predicted octanol–water partition coefficient (Wildman–Crippen LogP) is 5.35. The Balaban J connectivity index is 1.66. The molecule has 0 bridgehead atoms. The van der Waals surface area contributed by atoms with Gasteiger partial charge in [0.1, 0.15) is 5.60 Å². The molecule has 4 rings (SSSR count). The largest absolute Gasteiger partial charge is 0.377 e. The first kappa shape index (κ1) is 16.3. The maximum absolute atomic E-state index is 11.2. The first-order valence-corrected chi connectivity index (χ1v) is 10.2. The Bertz CT molecular complexity index is 548. The summed E-state index contributed by atoms with van der Waals surface area (Å²) < 4.78 is 0. The second-order valence-electron chi connectivity index (χ2n) is 9.48. The van der Waals surface area contributed by atoms with Crippen LogP contribution in [0.3, 0.4) is 0 Å². The highest BCUT2D eigenvalue weighted by Crippen LogP contribution is 2.68. The van der Waals surface area contributed by atoms with Gasteiger partial charge < -0.3 is 5.11 Å². The van der Waals surface area contributed by atoms with Crippen molar-refractivity contribution in [3.63, 3.8) is 0 Å². The third kappa shape index (κ3) is 2.10. The van der Waals surface area contributed by atoms with Gasteiger partial charge in [-0.25, -0.2) is 0 Å². The minimum atomic E-state index is -0.852. The van der Waals surface area contributed by atoms with Crippen LogP contribution in [0.2, 0.25) is 0 Å². The summed E-state index contributed by atoms with van der Waals surface area (Å²) in [5.74, 6) is 6.28. The van der Waals surface area contributed by atoms with E-state index in [-0.39, 0.29) is 5.41 Å². The fourth-order valence-corrected chi connectivity index (χ4v) is 7.75. The average molecular weight is 335 g/mol. The third-order valence-electron chi connectivity index (χ3n) is 8.99. The quantitative estimate of drug-likeness (QED) is 0.592. The third-order valence-corrected chi connectivity index (χ3v) is 9.08. The van der Waals surface area contributed by atoms with E-state index in [4.69, 9.17) is 11.6 Å². The number of rotatable bonds is 0. The van der Waals surface area contributed by atoms with Crippen LogP contribution in [0.5, 0.6) is 0 Å². The van der Waals surface area contributed by atoms with E-state index in [1.165, 1.54) is 44.9 Å². The molecule has 0 unspecified atom stereocenters. The zero-order chi connectivity index (χ0) is 16.3. The van der Waals surface area contributed by atoms with Gasteiger partial charge in [-0.2, -0.15) is 0 Å². The van der Waals surface area contributed by atoms with Gasteiger partial charge in [0.2, 0.25) is 0 Å². The molecule has 4 fully saturated rings. The number of halogens is 1. The van der Waals surface area contributed by atoms with Crippen molar-refractivity contribution in [2.24, 2.45) is 34.5 Å². The summed E-state index contributed by atoms with van der Waals surface area (Å²) in [7, 11) is 0. The molecule has 0 aliphatic heterocycles. The number of aliphatic hydroxyl groups is 1. The highest BCUT2D eigenvalue weighted by molar-refractivity contribution is 6.30. The maximum Gasteiger partial charge on any atom is 0.132 e. The van der Waals surface area contributed by atoms with Gasteiger partial charge in [0, 0.05) is 10.8 Å². The van der Waals surface area contributed by atoms with Gasteiger partial charge in [0.25, 0.3) is 0 Å². The lowest BCUT2D eigenvalue weighted by Gasteiger charge is -2.60. The lowest BCUT2D eigenvalue weighted by atomic mass is 9.44. The van der Waals surface area contributed by atoms with E-state index in [9.17, 15) is 5.11 Å². The Labute approximate surface area is 146 Å². The molecule has 7 atom stereocenters. The molecule has 4 aliphatic rings. The number of hydrogen-bond acceptors (Lipinski definition) is 1. The molecule has 4 saturated carbocycles. The topological polar surface area (TPSA) is 20.2 Å². The van der Waals surface area contributed by atoms with Crippen LogP contribution in [-0.4, -0.2) is 10.7 Å². The van der Waals surface area contributed by atoms with Crippen molar-refractivity contribution in [2.45, 2.75) is 83.7 Å². The van der Waals surface area contributed by atoms with Gasteiger partial charge in [0.15, 0.2) is 0 Å². The van der Waals surface area contributed by atoms with Gasteiger partial charge in [0.05, 0.1) is 0 Å². The molecule has 128 valence electrons. The van der Waals surface area contributed by atoms with Crippen molar-refractivity contribution in [3.05, 3.63) is 0 Å². The van der Waals surface area contributed by atoms with Gasteiger partial charge in [-0.1, -0.05) is 32.6 Å². The van der Waals surface area contributed by atoms with Crippen molar-refractivity contribution in [1.29, 1.82) is 0 Å². The summed E-state index contributed by atoms with van der Waals surface area (Å²) in [6.45, 7) is 4.91. The predicted molar refractivity (Wildman–Crippen MR) is 94.9 cm³/mol. The molecule has 0 radical (unpaired) electrons. The molecule has 0 aromatic rings. The SMILES string of the molecule is C[C@]12CCCC[C@H]1CC[C@H]1[C@H]2CC[C@]2(C)[C@@H]1CC[C@@]2(O)C#CCl. The van der Waals surface area contributed by atoms with Crippen LogP contribution in [0.25, 0.3) is 0 Å². The summed E-state index contributed by atoms with van der Waals surface area (Å²) in [5, 5.41) is 13.7. The maximum atomic E-state index is 11.2. The highest BCUT2D eigenvalue weighted by Gasteiger charge is 2.64. The second kappa shape index (κ2) is 5.40. The van der Waals surface area contributed by atoms with E-state index >= 15 is 0 Å². The Hall–Kier alpha value is -0.190. The van der Waals surface area contributed by atoms with Gasteiger partial charge in [-0.3, -0.25) is 0 Å². The van der Waals surface area contributed by atoms with Crippen molar-refractivity contribution in [1.82, 2.24) is 0 Å². The van der Waals surface area contributed by atoms with Crippen molar-refractivity contribution >= 4 is 11.6 Å². The number of hydrogen-bond donors (Lipinski definition) is 1. The molecule has 0 amide bonds. The first-order valence-electron chi connectivity index (χ1n) is 9.80. The second-order valence-corrected chi connectivity index (χ2v) is 9.67. The molecule has 23 heavy (non-hydrogen) atoms. The Morgan fingerprint density at radius 2 is 1.70 bits per heavy atom. The minimum absolute atomic E-state index is 0.0477. The smallest absolute Gasteiger partial charge is 0.132 e. The van der Waals surface area contributed by atoms with Crippen LogP contribution < -0.4 is 0 Å². The fraction of sp³-hybridized carbons (Fsp3) is 0.905. The molecule has 1 nitrogen and oxygen atoms in total. The molecular weight excluding hydrogens is 304 g/mol. The van der Waals surface area contributed by atoms with Gasteiger partial charge >= 0.3 is 0 Å². The molecule has 0 saturated heterocycles. The molecule has 0 aromatic carbocycles. The summed E-state index contributed by atoms with van der Waals surface area (Å²) in [6, 6.07) is 0. The zero-order valence-electron chi connectivity index (χ0n) is 14.7. The standard InChI is InChI=1S/C21H31ClO/c1-19-10-4-3-5-15(19)6-7-16-17(19)8-11-20(2)18(16)9-12-21(20,23)13-14-22/h15-18,23H,3-12H2,1-2H3/t15-,16-,17+,18+,19-,20+,21+/m0/s1. The summed E-state index contributed by atoms with van der Waals surface area (Å²) in [4.78, 5) is 0. The molecule has 0 aromatic heterocycles. The fourth-order valence-electron chi connectivity index (χ4n) is 7.59. The molecule has 1 N–H and O–H groups in total. The normalized spacial score (nSPS) is 55.1. The van der Waals surface area contributed by atoms with Crippen LogP contribution in [0, 0.1) is 45.8 Å². The van der Waals surface area contributed by atoms with Gasteiger partial charge in [-0.15, -0.1) is 0 Å². The molecule has 0 heterocycles. The molecule has 2 heteroatoms. The van der Waals surface area contributed by atoms with Crippen LogP contribution in [0.4, 0.5) is 0 Å².